The van der Waals surface area contributed by atoms with Crippen LogP contribution in [-0.2, 0) is 6.42 Å². The first kappa shape index (κ1) is 20.5. The van der Waals surface area contributed by atoms with Crippen LogP contribution in [0, 0.1) is 0 Å². The highest BCUT2D eigenvalue weighted by Crippen LogP contribution is 2.26. The molecule has 0 aliphatic heterocycles. The number of hydrogen-bond donors (Lipinski definition) is 1. The fourth-order valence-electron chi connectivity index (χ4n) is 3.02. The number of furan rings is 1. The Balaban J connectivity index is 1.59. The fraction of sp³-hybridized carbons (Fsp3) is 0.0909. The Bertz CT molecular complexity index is 1190. The summed E-state index contributed by atoms with van der Waals surface area (Å²) in [6.45, 7) is 0.393. The molecule has 8 heteroatoms. The molecule has 0 aliphatic rings. The number of amides is 1. The third-order valence-corrected chi connectivity index (χ3v) is 5.40. The van der Waals surface area contributed by atoms with Crippen molar-refractivity contribution in [1.29, 1.82) is 0 Å². The average molecular weight is 461 g/mol. The van der Waals surface area contributed by atoms with Gasteiger partial charge in [-0.2, -0.15) is 5.10 Å². The van der Waals surface area contributed by atoms with Gasteiger partial charge < -0.3 is 9.73 Å². The van der Waals surface area contributed by atoms with Gasteiger partial charge in [-0.25, -0.2) is 4.68 Å². The number of carbonyl (C=O) groups is 1. The predicted octanol–water partition coefficient (Wildman–Crippen LogP) is 6.07. The van der Waals surface area contributed by atoms with Crippen LogP contribution in [0.15, 0.2) is 71.3 Å². The second-order valence-corrected chi connectivity index (χ2v) is 7.75. The van der Waals surface area contributed by atoms with Crippen LogP contribution in [0.4, 0.5) is 0 Å². The van der Waals surface area contributed by atoms with Gasteiger partial charge in [0, 0.05) is 22.7 Å². The molecule has 0 radical (unpaired) electrons. The summed E-state index contributed by atoms with van der Waals surface area (Å²) in [6.07, 6.45) is 2.12. The summed E-state index contributed by atoms with van der Waals surface area (Å²) in [7, 11) is 0. The van der Waals surface area contributed by atoms with E-state index in [4.69, 9.17) is 39.2 Å². The highest BCUT2D eigenvalue weighted by atomic mass is 35.5. The van der Waals surface area contributed by atoms with Gasteiger partial charge in [0.2, 0.25) is 0 Å². The molecule has 4 aromatic rings. The quantitative estimate of drug-likeness (QED) is 0.380. The zero-order valence-corrected chi connectivity index (χ0v) is 17.9. The third-order valence-electron chi connectivity index (χ3n) is 4.49. The summed E-state index contributed by atoms with van der Waals surface area (Å²) in [4.78, 5) is 13.0. The van der Waals surface area contributed by atoms with Crippen LogP contribution >= 0.6 is 34.8 Å². The van der Waals surface area contributed by atoms with Gasteiger partial charge in [0.25, 0.3) is 5.91 Å². The Kier molecular flexibility index (Phi) is 6.13. The van der Waals surface area contributed by atoms with Crippen LogP contribution in [0.5, 0.6) is 0 Å². The molecule has 4 rings (SSSR count). The summed E-state index contributed by atoms with van der Waals surface area (Å²) in [5, 5.41) is 9.07. The predicted molar refractivity (Wildman–Crippen MR) is 119 cm³/mol. The Hall–Kier alpha value is -2.73. The molecule has 2 aromatic carbocycles. The van der Waals surface area contributed by atoms with Crippen LogP contribution < -0.4 is 5.32 Å². The number of halogens is 3. The molecule has 2 aromatic heterocycles. The molecule has 0 atom stereocenters. The van der Waals surface area contributed by atoms with Crippen molar-refractivity contribution in [2.75, 3.05) is 6.54 Å². The SMILES string of the molecule is O=C(NCCc1ccc(Cl)cc1Cl)c1cc(-c2ccco2)nn1-c1ccccc1Cl. The van der Waals surface area contributed by atoms with Crippen molar-refractivity contribution in [3.63, 3.8) is 0 Å². The first-order chi connectivity index (χ1) is 14.5. The smallest absolute Gasteiger partial charge is 0.270 e. The second kappa shape index (κ2) is 8.96. The lowest BCUT2D eigenvalue weighted by Gasteiger charge is -2.10. The van der Waals surface area contributed by atoms with Crippen molar-refractivity contribution >= 4 is 40.7 Å². The molecular weight excluding hydrogens is 445 g/mol. The van der Waals surface area contributed by atoms with Crippen LogP contribution in [0.25, 0.3) is 17.1 Å². The number of para-hydroxylation sites is 1. The lowest BCUT2D eigenvalue weighted by Crippen LogP contribution is -2.28. The topological polar surface area (TPSA) is 60.1 Å². The van der Waals surface area contributed by atoms with Crippen LogP contribution in [0.2, 0.25) is 15.1 Å². The summed E-state index contributed by atoms with van der Waals surface area (Å²) in [5.74, 6) is 0.271. The number of nitrogens with one attached hydrogen (secondary N) is 1. The van der Waals surface area contributed by atoms with E-state index in [2.05, 4.69) is 10.4 Å². The molecule has 0 saturated carbocycles. The minimum atomic E-state index is -0.287. The number of rotatable bonds is 6. The number of benzene rings is 2. The van der Waals surface area contributed by atoms with E-state index in [-0.39, 0.29) is 5.91 Å². The van der Waals surface area contributed by atoms with E-state index in [0.717, 1.165) is 5.56 Å². The molecule has 0 saturated heterocycles. The van der Waals surface area contributed by atoms with Gasteiger partial charge in [-0.05, 0) is 48.4 Å². The summed E-state index contributed by atoms with van der Waals surface area (Å²) in [5.41, 5.74) is 2.38. The number of hydrogen-bond acceptors (Lipinski definition) is 3. The standard InChI is InChI=1S/C22H16Cl3N3O2/c23-15-8-7-14(17(25)12-15)9-10-26-22(29)20-13-18(21-6-3-11-30-21)27-28(20)19-5-2-1-4-16(19)24/h1-8,11-13H,9-10H2,(H,26,29). The zero-order valence-electron chi connectivity index (χ0n) is 15.6. The van der Waals surface area contributed by atoms with Gasteiger partial charge in [-0.15, -0.1) is 0 Å². The third kappa shape index (κ3) is 4.38. The Labute approximate surface area is 188 Å². The Morgan fingerprint density at radius 3 is 2.57 bits per heavy atom. The van der Waals surface area contributed by atoms with Crippen molar-refractivity contribution in [3.05, 3.63) is 93.3 Å². The maximum Gasteiger partial charge on any atom is 0.270 e. The highest BCUT2D eigenvalue weighted by molar-refractivity contribution is 6.35. The average Bonchev–Trinajstić information content (AvgIpc) is 3.39. The molecule has 0 spiro atoms. The van der Waals surface area contributed by atoms with Gasteiger partial charge in [0.1, 0.15) is 11.4 Å². The summed E-state index contributed by atoms with van der Waals surface area (Å²) in [6, 6.07) is 17.7. The lowest BCUT2D eigenvalue weighted by atomic mass is 10.1. The normalized spacial score (nSPS) is 10.9. The second-order valence-electron chi connectivity index (χ2n) is 6.50. The summed E-state index contributed by atoms with van der Waals surface area (Å²) >= 11 is 18.5. The number of carbonyl (C=O) groups excluding carboxylic acids is 1. The van der Waals surface area contributed by atoms with Gasteiger partial charge in [0.15, 0.2) is 5.76 Å². The molecule has 0 unspecified atom stereocenters. The lowest BCUT2D eigenvalue weighted by molar-refractivity contribution is 0.0946. The minimum Gasteiger partial charge on any atom is -0.463 e. The van der Waals surface area contributed by atoms with Gasteiger partial charge in [-0.1, -0.05) is 53.0 Å². The fourth-order valence-corrected chi connectivity index (χ4v) is 3.74. The van der Waals surface area contributed by atoms with Crippen molar-refractivity contribution < 1.29 is 9.21 Å². The monoisotopic (exact) mass is 459 g/mol. The van der Waals surface area contributed by atoms with Crippen LogP contribution in [0.1, 0.15) is 16.1 Å². The van der Waals surface area contributed by atoms with Crippen molar-refractivity contribution in [1.82, 2.24) is 15.1 Å². The molecule has 152 valence electrons. The molecule has 1 amide bonds. The van der Waals surface area contributed by atoms with Gasteiger partial charge in [0.05, 0.1) is 17.0 Å². The molecule has 0 aliphatic carbocycles. The summed E-state index contributed by atoms with van der Waals surface area (Å²) < 4.78 is 6.95. The first-order valence-electron chi connectivity index (χ1n) is 9.14. The molecular formula is C22H16Cl3N3O2. The largest absolute Gasteiger partial charge is 0.463 e. The van der Waals surface area contributed by atoms with Crippen molar-refractivity contribution in [2.45, 2.75) is 6.42 Å². The molecule has 2 heterocycles. The van der Waals surface area contributed by atoms with Gasteiger partial charge >= 0.3 is 0 Å². The molecule has 5 nitrogen and oxygen atoms in total. The molecule has 0 bridgehead atoms. The van der Waals surface area contributed by atoms with Crippen LogP contribution in [-0.4, -0.2) is 22.2 Å². The van der Waals surface area contributed by atoms with E-state index in [9.17, 15) is 4.79 Å². The maximum absolute atomic E-state index is 13.0. The first-order valence-corrected chi connectivity index (χ1v) is 10.3. The zero-order chi connectivity index (χ0) is 21.1. The molecule has 0 fully saturated rings. The van der Waals surface area contributed by atoms with E-state index in [1.165, 1.54) is 4.68 Å². The molecule has 30 heavy (non-hydrogen) atoms. The minimum absolute atomic E-state index is 0.287. The highest BCUT2D eigenvalue weighted by Gasteiger charge is 2.20. The Morgan fingerprint density at radius 1 is 1.00 bits per heavy atom. The number of aromatic nitrogens is 2. The molecule has 1 N–H and O–H groups in total. The van der Waals surface area contributed by atoms with E-state index >= 15 is 0 Å². The van der Waals surface area contributed by atoms with E-state index in [0.29, 0.717) is 50.9 Å². The van der Waals surface area contributed by atoms with Crippen LogP contribution in [0.3, 0.4) is 0 Å². The van der Waals surface area contributed by atoms with Crippen molar-refractivity contribution in [3.8, 4) is 17.1 Å². The van der Waals surface area contributed by atoms with E-state index < -0.39 is 0 Å². The van der Waals surface area contributed by atoms with Gasteiger partial charge in [-0.3, -0.25) is 4.79 Å². The van der Waals surface area contributed by atoms with Crippen molar-refractivity contribution in [2.24, 2.45) is 0 Å². The maximum atomic E-state index is 13.0. The number of nitrogens with zero attached hydrogens (tertiary/aromatic N) is 2. The Morgan fingerprint density at radius 2 is 1.83 bits per heavy atom. The van der Waals surface area contributed by atoms with E-state index in [1.807, 2.05) is 18.2 Å². The van der Waals surface area contributed by atoms with E-state index in [1.54, 1.807) is 48.7 Å².